The van der Waals surface area contributed by atoms with Crippen LogP contribution in [0.4, 0.5) is 0 Å². The van der Waals surface area contributed by atoms with Crippen molar-refractivity contribution in [3.8, 4) is 0 Å². The van der Waals surface area contributed by atoms with Crippen LogP contribution in [0.15, 0.2) is 0 Å². The molecule has 8 bridgehead atoms. The summed E-state index contributed by atoms with van der Waals surface area (Å²) in [6.07, 6.45) is 18.0. The molecule has 0 saturated heterocycles. The molecule has 1 N–H and O–H groups in total. The maximum atomic E-state index is 4.57. The third-order valence-corrected chi connectivity index (χ3v) is 9.78. The van der Waals surface area contributed by atoms with Crippen LogP contribution >= 0.6 is 0 Å². The molecule has 8 saturated carbocycles. The second kappa shape index (κ2) is 4.18. The fourth-order valence-corrected chi connectivity index (χ4v) is 11.7. The molecule has 4 unspecified atom stereocenters. The first-order chi connectivity index (χ1) is 11.5. The third-order valence-electron chi connectivity index (χ3n) is 9.78. The highest BCUT2D eigenvalue weighted by Crippen LogP contribution is 2.70. The number of hydrogen-bond acceptors (Lipinski definition) is 1. The standard InChI is InChI=1S/C24H39N/c1-19-5-17-6-20(2,11-19)14-23(9-17,13-19)25-24-10-18-7-21(3,15-24)12-22(4,8-18)16-24/h17-18,25H,5-16H2,1-4H3. The Morgan fingerprint density at radius 2 is 0.800 bits per heavy atom. The van der Waals surface area contributed by atoms with Crippen LogP contribution in [0.1, 0.15) is 105 Å². The maximum Gasteiger partial charge on any atom is 0.0199 e. The zero-order valence-electron chi connectivity index (χ0n) is 17.1. The molecule has 8 aliphatic carbocycles. The molecule has 1 heteroatoms. The second-order valence-corrected chi connectivity index (χ2v) is 13.9. The van der Waals surface area contributed by atoms with Gasteiger partial charge in [-0.15, -0.1) is 0 Å². The van der Waals surface area contributed by atoms with Gasteiger partial charge in [-0.05, 0) is 111 Å². The molecule has 1 nitrogen and oxygen atoms in total. The number of rotatable bonds is 2. The Labute approximate surface area is 155 Å². The van der Waals surface area contributed by atoms with Crippen molar-refractivity contribution in [3.63, 3.8) is 0 Å². The molecule has 0 aromatic heterocycles. The van der Waals surface area contributed by atoms with E-state index in [2.05, 4.69) is 33.0 Å². The van der Waals surface area contributed by atoms with E-state index in [4.69, 9.17) is 0 Å². The smallest absolute Gasteiger partial charge is 0.0199 e. The van der Waals surface area contributed by atoms with E-state index in [0.29, 0.717) is 32.7 Å². The van der Waals surface area contributed by atoms with Gasteiger partial charge < -0.3 is 5.32 Å². The molecule has 8 aliphatic rings. The third kappa shape index (κ3) is 2.23. The van der Waals surface area contributed by atoms with Crippen molar-refractivity contribution in [2.45, 2.75) is 116 Å². The van der Waals surface area contributed by atoms with Crippen LogP contribution < -0.4 is 5.32 Å². The van der Waals surface area contributed by atoms with Crippen molar-refractivity contribution in [1.29, 1.82) is 0 Å². The summed E-state index contributed by atoms with van der Waals surface area (Å²) in [5.74, 6) is 2.03. The molecular weight excluding hydrogens is 302 g/mol. The summed E-state index contributed by atoms with van der Waals surface area (Å²) < 4.78 is 0. The van der Waals surface area contributed by atoms with Gasteiger partial charge in [0.2, 0.25) is 0 Å². The summed E-state index contributed by atoms with van der Waals surface area (Å²) in [7, 11) is 0. The van der Waals surface area contributed by atoms with E-state index in [1.807, 2.05) is 0 Å². The first-order valence-corrected chi connectivity index (χ1v) is 11.3. The van der Waals surface area contributed by atoms with Crippen LogP contribution in [0, 0.1) is 33.5 Å². The molecule has 4 atom stereocenters. The number of hydrogen-bond donors (Lipinski definition) is 1. The fourth-order valence-electron chi connectivity index (χ4n) is 11.7. The zero-order valence-corrected chi connectivity index (χ0v) is 17.1. The van der Waals surface area contributed by atoms with Crippen LogP contribution in [-0.2, 0) is 0 Å². The lowest BCUT2D eigenvalue weighted by Crippen LogP contribution is -2.73. The Bertz CT molecular complexity index is 544. The summed E-state index contributed by atoms with van der Waals surface area (Å²) in [6.45, 7) is 10.5. The van der Waals surface area contributed by atoms with Gasteiger partial charge >= 0.3 is 0 Å². The first kappa shape index (κ1) is 16.0. The Balaban J connectivity index is 1.36. The molecule has 140 valence electrons. The van der Waals surface area contributed by atoms with Crippen molar-refractivity contribution < 1.29 is 0 Å². The highest BCUT2D eigenvalue weighted by molar-refractivity contribution is 5.20. The van der Waals surface area contributed by atoms with E-state index in [-0.39, 0.29) is 0 Å². The van der Waals surface area contributed by atoms with Crippen molar-refractivity contribution in [2.75, 3.05) is 0 Å². The largest absolute Gasteiger partial charge is 0.306 e. The van der Waals surface area contributed by atoms with Crippen LogP contribution in [0.2, 0.25) is 0 Å². The molecule has 0 radical (unpaired) electrons. The minimum atomic E-state index is 0.487. The average molecular weight is 342 g/mol. The molecule has 0 aliphatic heterocycles. The highest BCUT2D eigenvalue weighted by Gasteiger charge is 2.65. The lowest BCUT2D eigenvalue weighted by molar-refractivity contribution is -0.164. The van der Waals surface area contributed by atoms with E-state index in [1.165, 1.54) is 77.0 Å². The molecule has 0 spiro atoms. The minimum Gasteiger partial charge on any atom is -0.306 e. The van der Waals surface area contributed by atoms with Gasteiger partial charge in [-0.1, -0.05) is 27.7 Å². The molecule has 8 rings (SSSR count). The lowest BCUT2D eigenvalue weighted by Gasteiger charge is -2.71. The molecular formula is C24H39N. The molecule has 0 heterocycles. The Morgan fingerprint density at radius 1 is 0.480 bits per heavy atom. The van der Waals surface area contributed by atoms with Crippen LogP contribution in [0.3, 0.4) is 0 Å². The molecule has 8 fully saturated rings. The average Bonchev–Trinajstić information content (AvgIpc) is 2.26. The SMILES string of the molecule is CC12CC3CC(C)(C1)CC(NC14CC5CC(C)(CC(C)(C5)C1)C4)(C3)C2. The van der Waals surface area contributed by atoms with E-state index in [1.54, 1.807) is 0 Å². The van der Waals surface area contributed by atoms with Gasteiger partial charge in [0.1, 0.15) is 0 Å². The Morgan fingerprint density at radius 3 is 1.08 bits per heavy atom. The normalized spacial score (nSPS) is 67.2. The predicted octanol–water partition coefficient (Wildman–Crippen LogP) is 6.07. The molecule has 25 heavy (non-hydrogen) atoms. The highest BCUT2D eigenvalue weighted by atomic mass is 15.1. The van der Waals surface area contributed by atoms with E-state index in [9.17, 15) is 0 Å². The maximum absolute atomic E-state index is 4.57. The summed E-state index contributed by atoms with van der Waals surface area (Å²) in [5, 5.41) is 4.57. The van der Waals surface area contributed by atoms with Gasteiger partial charge in [0.25, 0.3) is 0 Å². The Kier molecular flexibility index (Phi) is 2.67. The van der Waals surface area contributed by atoms with Gasteiger partial charge in [-0.3, -0.25) is 0 Å². The number of nitrogens with one attached hydrogen (secondary N) is 1. The zero-order chi connectivity index (χ0) is 17.3. The fraction of sp³-hybridized carbons (Fsp3) is 1.00. The summed E-state index contributed by atoms with van der Waals surface area (Å²) in [6, 6.07) is 0. The summed E-state index contributed by atoms with van der Waals surface area (Å²) >= 11 is 0. The molecule has 0 aromatic rings. The van der Waals surface area contributed by atoms with Crippen LogP contribution in [0.5, 0.6) is 0 Å². The monoisotopic (exact) mass is 341 g/mol. The van der Waals surface area contributed by atoms with Gasteiger partial charge in [0, 0.05) is 11.1 Å². The van der Waals surface area contributed by atoms with E-state index < -0.39 is 0 Å². The first-order valence-electron chi connectivity index (χ1n) is 11.3. The lowest BCUT2D eigenvalue weighted by atomic mass is 9.40. The Hall–Kier alpha value is -0.0400. The van der Waals surface area contributed by atoms with Crippen molar-refractivity contribution >= 4 is 0 Å². The van der Waals surface area contributed by atoms with Gasteiger partial charge in [-0.2, -0.15) is 0 Å². The van der Waals surface area contributed by atoms with Crippen molar-refractivity contribution in [1.82, 2.24) is 5.32 Å². The summed E-state index contributed by atoms with van der Waals surface area (Å²) in [5.41, 5.74) is 3.52. The van der Waals surface area contributed by atoms with Gasteiger partial charge in [0.15, 0.2) is 0 Å². The second-order valence-electron chi connectivity index (χ2n) is 13.9. The molecule has 0 aromatic carbocycles. The van der Waals surface area contributed by atoms with Crippen molar-refractivity contribution in [2.24, 2.45) is 33.5 Å². The van der Waals surface area contributed by atoms with E-state index >= 15 is 0 Å². The quantitative estimate of drug-likeness (QED) is 0.642. The van der Waals surface area contributed by atoms with E-state index in [0.717, 1.165) is 11.8 Å². The van der Waals surface area contributed by atoms with Crippen LogP contribution in [0.25, 0.3) is 0 Å². The molecule has 0 amide bonds. The van der Waals surface area contributed by atoms with Crippen LogP contribution in [-0.4, -0.2) is 11.1 Å². The van der Waals surface area contributed by atoms with Gasteiger partial charge in [-0.25, -0.2) is 0 Å². The predicted molar refractivity (Wildman–Crippen MR) is 103 cm³/mol. The van der Waals surface area contributed by atoms with Crippen molar-refractivity contribution in [3.05, 3.63) is 0 Å². The van der Waals surface area contributed by atoms with Gasteiger partial charge in [0.05, 0.1) is 0 Å². The minimum absolute atomic E-state index is 0.487. The topological polar surface area (TPSA) is 12.0 Å². The summed E-state index contributed by atoms with van der Waals surface area (Å²) in [4.78, 5) is 0.